The van der Waals surface area contributed by atoms with Gasteiger partial charge in [0.25, 0.3) is 5.91 Å². The number of amides is 1. The molecule has 2 aliphatic rings. The van der Waals surface area contributed by atoms with E-state index >= 15 is 0 Å². The second kappa shape index (κ2) is 9.45. The zero-order valence-electron chi connectivity index (χ0n) is 17.6. The summed E-state index contributed by atoms with van der Waals surface area (Å²) < 4.78 is 32.2. The number of hydrogen-bond donors (Lipinski definition) is 1. The van der Waals surface area contributed by atoms with Gasteiger partial charge in [-0.05, 0) is 51.7 Å². The number of para-hydroxylation sites is 1. The molecule has 0 aliphatic carbocycles. The number of rotatable bonds is 6. The van der Waals surface area contributed by atoms with Gasteiger partial charge in [-0.15, -0.1) is 0 Å². The van der Waals surface area contributed by atoms with E-state index in [0.29, 0.717) is 30.3 Å². The van der Waals surface area contributed by atoms with Crippen LogP contribution in [-0.2, 0) is 14.8 Å². The van der Waals surface area contributed by atoms with Gasteiger partial charge in [0.15, 0.2) is 0 Å². The van der Waals surface area contributed by atoms with E-state index in [-0.39, 0.29) is 23.9 Å². The van der Waals surface area contributed by atoms with Gasteiger partial charge in [-0.25, -0.2) is 8.42 Å². The lowest BCUT2D eigenvalue weighted by Crippen LogP contribution is -2.48. The Kier molecular flexibility index (Phi) is 7.19. The fourth-order valence-corrected chi connectivity index (χ4v) is 4.94. The van der Waals surface area contributed by atoms with Crippen molar-refractivity contribution < 1.29 is 17.9 Å². The van der Waals surface area contributed by atoms with Crippen LogP contribution in [0, 0.1) is 5.92 Å². The number of hydrogen-bond acceptors (Lipinski definition) is 5. The maximum atomic E-state index is 13.0. The number of nitrogens with one attached hydrogen (secondary N) is 1. The summed E-state index contributed by atoms with van der Waals surface area (Å²) >= 11 is 0. The lowest BCUT2D eigenvalue weighted by Gasteiger charge is -2.39. The second-order valence-corrected chi connectivity index (χ2v) is 10.3. The number of carbonyl (C=O) groups is 1. The molecule has 3 rings (SSSR count). The van der Waals surface area contributed by atoms with Gasteiger partial charge in [0.2, 0.25) is 10.0 Å². The first kappa shape index (κ1) is 22.1. The van der Waals surface area contributed by atoms with Gasteiger partial charge in [0, 0.05) is 32.7 Å². The van der Waals surface area contributed by atoms with Crippen molar-refractivity contribution in [2.45, 2.75) is 45.8 Å². The lowest BCUT2D eigenvalue weighted by atomic mass is 9.95. The van der Waals surface area contributed by atoms with Gasteiger partial charge in [-0.2, -0.15) is 0 Å². The van der Waals surface area contributed by atoms with Crippen LogP contribution in [0.3, 0.4) is 0 Å². The van der Waals surface area contributed by atoms with Crippen molar-refractivity contribution in [2.24, 2.45) is 5.92 Å². The number of nitrogens with zero attached hydrogens (tertiary/aromatic N) is 2. The van der Waals surface area contributed by atoms with Crippen LogP contribution in [0.4, 0.5) is 5.69 Å². The molecule has 29 heavy (non-hydrogen) atoms. The van der Waals surface area contributed by atoms with Crippen LogP contribution in [0.15, 0.2) is 24.3 Å². The summed E-state index contributed by atoms with van der Waals surface area (Å²) in [5.74, 6) is 0.441. The Morgan fingerprint density at radius 3 is 2.38 bits per heavy atom. The van der Waals surface area contributed by atoms with Crippen molar-refractivity contribution in [3.63, 3.8) is 0 Å². The van der Waals surface area contributed by atoms with Gasteiger partial charge in [-0.1, -0.05) is 12.1 Å². The van der Waals surface area contributed by atoms with Crippen LogP contribution < -0.4 is 4.72 Å². The molecule has 8 heteroatoms. The summed E-state index contributed by atoms with van der Waals surface area (Å²) in [4.78, 5) is 17.4. The third-order valence-corrected chi connectivity index (χ3v) is 7.01. The van der Waals surface area contributed by atoms with Crippen molar-refractivity contribution >= 4 is 21.6 Å². The summed E-state index contributed by atoms with van der Waals surface area (Å²) in [7, 11) is -3.43. The highest BCUT2D eigenvalue weighted by Gasteiger charge is 2.29. The SMILES string of the molecule is CCS(=O)(=O)Nc1ccccc1C(=O)N1CCC(CN2CC(C)OC(C)C2)CC1. The second-order valence-electron chi connectivity index (χ2n) is 8.26. The first-order chi connectivity index (χ1) is 13.8. The highest BCUT2D eigenvalue weighted by molar-refractivity contribution is 7.92. The number of likely N-dealkylation sites (tertiary alicyclic amines) is 1. The number of piperidine rings is 1. The smallest absolute Gasteiger partial charge is 0.255 e. The van der Waals surface area contributed by atoms with Crippen LogP contribution in [0.5, 0.6) is 0 Å². The molecule has 1 aromatic rings. The van der Waals surface area contributed by atoms with Crippen LogP contribution in [0.2, 0.25) is 0 Å². The maximum Gasteiger partial charge on any atom is 0.255 e. The van der Waals surface area contributed by atoms with Crippen molar-refractivity contribution in [1.29, 1.82) is 0 Å². The molecule has 0 bridgehead atoms. The minimum atomic E-state index is -3.43. The molecule has 0 saturated carbocycles. The first-order valence-corrected chi connectivity index (χ1v) is 12.2. The number of carbonyl (C=O) groups excluding carboxylic acids is 1. The summed E-state index contributed by atoms with van der Waals surface area (Å²) in [5.41, 5.74) is 0.775. The van der Waals surface area contributed by atoms with Crippen molar-refractivity contribution in [3.8, 4) is 0 Å². The van der Waals surface area contributed by atoms with Crippen LogP contribution >= 0.6 is 0 Å². The Bertz CT molecular complexity index is 796. The normalized spacial score (nSPS) is 24.4. The van der Waals surface area contributed by atoms with E-state index in [1.54, 1.807) is 31.2 Å². The Labute approximate surface area is 174 Å². The predicted octanol–water partition coefficient (Wildman–Crippen LogP) is 2.41. The third kappa shape index (κ3) is 5.93. The number of morpholine rings is 1. The molecule has 2 fully saturated rings. The molecule has 1 amide bonds. The average molecular weight is 424 g/mol. The highest BCUT2D eigenvalue weighted by atomic mass is 32.2. The summed E-state index contributed by atoms with van der Waals surface area (Å²) in [6, 6.07) is 6.84. The largest absolute Gasteiger partial charge is 0.373 e. The fourth-order valence-electron chi connectivity index (χ4n) is 4.29. The van der Waals surface area contributed by atoms with Gasteiger partial charge < -0.3 is 9.64 Å². The summed E-state index contributed by atoms with van der Waals surface area (Å²) in [6.45, 7) is 10.2. The molecule has 7 nitrogen and oxygen atoms in total. The van der Waals surface area contributed by atoms with E-state index in [0.717, 1.165) is 32.5 Å². The Morgan fingerprint density at radius 2 is 1.76 bits per heavy atom. The Hall–Kier alpha value is -1.64. The Morgan fingerprint density at radius 1 is 1.14 bits per heavy atom. The van der Waals surface area contributed by atoms with Gasteiger partial charge in [0.05, 0.1) is 29.2 Å². The van der Waals surface area contributed by atoms with Crippen LogP contribution in [0.1, 0.15) is 44.0 Å². The van der Waals surface area contributed by atoms with Crippen LogP contribution in [-0.4, -0.2) is 74.8 Å². The van der Waals surface area contributed by atoms with E-state index in [9.17, 15) is 13.2 Å². The average Bonchev–Trinajstić information content (AvgIpc) is 2.67. The van der Waals surface area contributed by atoms with Gasteiger partial charge in [0.1, 0.15) is 0 Å². The molecule has 1 N–H and O–H groups in total. The molecule has 1 aromatic carbocycles. The van der Waals surface area contributed by atoms with E-state index in [1.165, 1.54) is 0 Å². The van der Waals surface area contributed by atoms with E-state index < -0.39 is 10.0 Å². The molecule has 2 unspecified atom stereocenters. The topological polar surface area (TPSA) is 79.0 Å². The van der Waals surface area contributed by atoms with E-state index in [4.69, 9.17) is 4.74 Å². The third-order valence-electron chi connectivity index (χ3n) is 5.72. The fraction of sp³-hybridized carbons (Fsp3) is 0.667. The number of ether oxygens (including phenoxy) is 1. The summed E-state index contributed by atoms with van der Waals surface area (Å²) in [6.07, 6.45) is 2.47. The molecule has 2 aliphatic heterocycles. The molecular formula is C21H33N3O4S. The zero-order chi connectivity index (χ0) is 21.0. The molecule has 0 radical (unpaired) electrons. The maximum absolute atomic E-state index is 13.0. The van der Waals surface area contributed by atoms with Crippen LogP contribution in [0.25, 0.3) is 0 Å². The Balaban J connectivity index is 1.58. The van der Waals surface area contributed by atoms with E-state index in [2.05, 4.69) is 23.5 Å². The standard InChI is InChI=1S/C21H33N3O4S/c1-4-29(26,27)22-20-8-6-5-7-19(20)21(25)24-11-9-18(10-12-24)15-23-13-16(2)28-17(3)14-23/h5-8,16-18,22H,4,9-15H2,1-3H3. The monoisotopic (exact) mass is 423 g/mol. The number of sulfonamides is 1. The van der Waals surface area contributed by atoms with Gasteiger partial charge in [-0.3, -0.25) is 14.4 Å². The predicted molar refractivity (Wildman–Crippen MR) is 115 cm³/mol. The molecule has 162 valence electrons. The first-order valence-electron chi connectivity index (χ1n) is 10.5. The minimum Gasteiger partial charge on any atom is -0.373 e. The van der Waals surface area contributed by atoms with Crippen molar-refractivity contribution in [3.05, 3.63) is 29.8 Å². The lowest BCUT2D eigenvalue weighted by molar-refractivity contribution is -0.0728. The molecule has 0 aromatic heterocycles. The summed E-state index contributed by atoms with van der Waals surface area (Å²) in [5, 5.41) is 0. The molecule has 2 saturated heterocycles. The quantitative estimate of drug-likeness (QED) is 0.760. The van der Waals surface area contributed by atoms with Gasteiger partial charge >= 0.3 is 0 Å². The highest BCUT2D eigenvalue weighted by Crippen LogP contribution is 2.24. The number of anilines is 1. The zero-order valence-corrected chi connectivity index (χ0v) is 18.5. The van der Waals surface area contributed by atoms with Crippen molar-refractivity contribution in [1.82, 2.24) is 9.80 Å². The van der Waals surface area contributed by atoms with Crippen molar-refractivity contribution in [2.75, 3.05) is 43.2 Å². The van der Waals surface area contributed by atoms with E-state index in [1.807, 2.05) is 4.90 Å². The molecule has 0 spiro atoms. The molecule has 2 atom stereocenters. The number of benzene rings is 1. The molecule has 2 heterocycles. The molecular weight excluding hydrogens is 390 g/mol. The minimum absolute atomic E-state index is 0.0281.